The van der Waals surface area contributed by atoms with Crippen LogP contribution in [-0.4, -0.2) is 35.9 Å². The molecule has 0 spiro atoms. The van der Waals surface area contributed by atoms with Gasteiger partial charge in [-0.3, -0.25) is 9.59 Å². The average molecular weight is 409 g/mol. The molecule has 1 aliphatic rings. The smallest absolute Gasteiger partial charge is 0.242 e. The number of nitrogens with zero attached hydrogens (tertiary/aromatic N) is 1. The molecule has 1 fully saturated rings. The van der Waals surface area contributed by atoms with E-state index in [2.05, 4.69) is 5.32 Å². The van der Waals surface area contributed by atoms with Gasteiger partial charge in [0.25, 0.3) is 0 Å². The van der Waals surface area contributed by atoms with E-state index >= 15 is 0 Å². The van der Waals surface area contributed by atoms with Gasteiger partial charge in [0, 0.05) is 12.6 Å². The first-order chi connectivity index (χ1) is 14.5. The van der Waals surface area contributed by atoms with Crippen molar-refractivity contribution in [2.45, 2.75) is 64.6 Å². The predicted octanol–water partition coefficient (Wildman–Crippen LogP) is 4.02. The van der Waals surface area contributed by atoms with Gasteiger partial charge in [-0.1, -0.05) is 49.2 Å². The van der Waals surface area contributed by atoms with Crippen LogP contribution in [0, 0.1) is 6.92 Å². The summed E-state index contributed by atoms with van der Waals surface area (Å²) in [6.45, 7) is 4.21. The number of methoxy groups -OCH3 is 1. The molecule has 30 heavy (non-hydrogen) atoms. The van der Waals surface area contributed by atoms with Gasteiger partial charge in [0.2, 0.25) is 11.8 Å². The summed E-state index contributed by atoms with van der Waals surface area (Å²) in [4.78, 5) is 27.9. The zero-order valence-corrected chi connectivity index (χ0v) is 18.2. The molecule has 0 aromatic heterocycles. The highest BCUT2D eigenvalue weighted by atomic mass is 16.5. The number of ether oxygens (including phenoxy) is 1. The molecule has 5 heteroatoms. The summed E-state index contributed by atoms with van der Waals surface area (Å²) >= 11 is 0. The molecule has 0 heterocycles. The lowest BCUT2D eigenvalue weighted by Gasteiger charge is -2.30. The quantitative estimate of drug-likeness (QED) is 0.718. The van der Waals surface area contributed by atoms with Gasteiger partial charge in [-0.05, 0) is 55.5 Å². The summed E-state index contributed by atoms with van der Waals surface area (Å²) in [5.74, 6) is 0.645. The lowest BCUT2D eigenvalue weighted by atomic mass is 10.0. The molecule has 1 N–H and O–H groups in total. The number of hydrogen-bond donors (Lipinski definition) is 1. The van der Waals surface area contributed by atoms with E-state index in [9.17, 15) is 9.59 Å². The lowest BCUT2D eigenvalue weighted by molar-refractivity contribution is -0.140. The van der Waals surface area contributed by atoms with Crippen molar-refractivity contribution in [2.24, 2.45) is 0 Å². The number of hydrogen-bond acceptors (Lipinski definition) is 3. The van der Waals surface area contributed by atoms with Crippen molar-refractivity contribution in [1.82, 2.24) is 10.2 Å². The lowest BCUT2D eigenvalue weighted by Crippen LogP contribution is -2.50. The van der Waals surface area contributed by atoms with Crippen molar-refractivity contribution in [3.05, 3.63) is 65.2 Å². The van der Waals surface area contributed by atoms with E-state index in [1.54, 1.807) is 12.0 Å². The van der Waals surface area contributed by atoms with E-state index in [-0.39, 0.29) is 24.3 Å². The summed E-state index contributed by atoms with van der Waals surface area (Å²) in [7, 11) is 1.63. The fourth-order valence-electron chi connectivity index (χ4n) is 3.98. The third kappa shape index (κ3) is 5.62. The van der Waals surface area contributed by atoms with Crippen molar-refractivity contribution in [2.75, 3.05) is 7.11 Å². The van der Waals surface area contributed by atoms with Crippen LogP contribution in [0.3, 0.4) is 0 Å². The first-order valence-corrected chi connectivity index (χ1v) is 10.7. The number of benzene rings is 2. The molecule has 0 aliphatic heterocycles. The maximum absolute atomic E-state index is 13.3. The van der Waals surface area contributed by atoms with Crippen molar-refractivity contribution in [3.63, 3.8) is 0 Å². The van der Waals surface area contributed by atoms with Crippen LogP contribution in [0.15, 0.2) is 48.5 Å². The van der Waals surface area contributed by atoms with Crippen LogP contribution >= 0.6 is 0 Å². The maximum atomic E-state index is 13.3. The summed E-state index contributed by atoms with van der Waals surface area (Å²) in [6.07, 6.45) is 4.63. The third-order valence-electron chi connectivity index (χ3n) is 5.98. The molecular formula is C25H32N2O3. The summed E-state index contributed by atoms with van der Waals surface area (Å²) < 4.78 is 5.23. The Kier molecular flexibility index (Phi) is 7.50. The van der Waals surface area contributed by atoms with Crippen LogP contribution in [0.25, 0.3) is 0 Å². The largest absolute Gasteiger partial charge is 0.497 e. The van der Waals surface area contributed by atoms with Crippen LogP contribution in [0.5, 0.6) is 5.75 Å². The number of rotatable bonds is 8. The van der Waals surface area contributed by atoms with Crippen molar-refractivity contribution in [1.29, 1.82) is 0 Å². The van der Waals surface area contributed by atoms with Crippen LogP contribution in [0.1, 0.15) is 49.3 Å². The second-order valence-corrected chi connectivity index (χ2v) is 8.14. The van der Waals surface area contributed by atoms with Crippen LogP contribution in [0.4, 0.5) is 0 Å². The van der Waals surface area contributed by atoms with Gasteiger partial charge in [0.15, 0.2) is 0 Å². The van der Waals surface area contributed by atoms with E-state index in [0.717, 1.165) is 48.1 Å². The second kappa shape index (κ2) is 10.3. The van der Waals surface area contributed by atoms with Gasteiger partial charge >= 0.3 is 0 Å². The minimum atomic E-state index is -0.538. The Balaban J connectivity index is 1.77. The molecule has 2 amide bonds. The van der Waals surface area contributed by atoms with Crippen LogP contribution < -0.4 is 10.1 Å². The Hall–Kier alpha value is -2.82. The van der Waals surface area contributed by atoms with Gasteiger partial charge in [-0.15, -0.1) is 0 Å². The van der Waals surface area contributed by atoms with E-state index < -0.39 is 6.04 Å². The molecule has 1 atom stereocenters. The zero-order valence-electron chi connectivity index (χ0n) is 18.2. The number of carbonyl (C=O) groups excluding carboxylic acids is 2. The molecule has 0 bridgehead atoms. The summed E-state index contributed by atoms with van der Waals surface area (Å²) in [5.41, 5.74) is 3.04. The highest BCUT2D eigenvalue weighted by molar-refractivity contribution is 5.88. The van der Waals surface area contributed by atoms with Gasteiger partial charge in [-0.25, -0.2) is 0 Å². The van der Waals surface area contributed by atoms with Gasteiger partial charge in [-0.2, -0.15) is 0 Å². The van der Waals surface area contributed by atoms with E-state index in [1.165, 1.54) is 0 Å². The summed E-state index contributed by atoms with van der Waals surface area (Å²) in [5, 5.41) is 3.14. The molecular weight excluding hydrogens is 376 g/mol. The molecule has 0 saturated heterocycles. The molecule has 1 aliphatic carbocycles. The normalized spacial score (nSPS) is 14.9. The first kappa shape index (κ1) is 21.9. The minimum Gasteiger partial charge on any atom is -0.497 e. The molecule has 2 aromatic carbocycles. The molecule has 0 unspecified atom stereocenters. The van der Waals surface area contributed by atoms with Crippen LogP contribution in [0.2, 0.25) is 0 Å². The Morgan fingerprint density at radius 3 is 2.40 bits per heavy atom. The Labute approximate surface area is 179 Å². The fraction of sp³-hybridized carbons (Fsp3) is 0.440. The van der Waals surface area contributed by atoms with E-state index in [0.29, 0.717) is 6.54 Å². The van der Waals surface area contributed by atoms with Crippen LogP contribution in [-0.2, 0) is 22.6 Å². The van der Waals surface area contributed by atoms with E-state index in [4.69, 9.17) is 4.74 Å². The number of amides is 2. The van der Waals surface area contributed by atoms with Gasteiger partial charge in [0.1, 0.15) is 11.8 Å². The number of carbonyl (C=O) groups is 2. The SMILES string of the molecule is COc1ccc(CN(C(=O)Cc2ccccc2C)[C@@H](C)C(=O)NC2CCCC2)cc1. The molecule has 160 valence electrons. The number of nitrogens with one attached hydrogen (secondary N) is 1. The monoisotopic (exact) mass is 408 g/mol. The Morgan fingerprint density at radius 2 is 1.77 bits per heavy atom. The van der Waals surface area contributed by atoms with Crippen molar-refractivity contribution < 1.29 is 14.3 Å². The Morgan fingerprint density at radius 1 is 1.10 bits per heavy atom. The minimum absolute atomic E-state index is 0.0470. The standard InChI is InChI=1S/C25H32N2O3/c1-18-8-4-5-9-21(18)16-24(28)27(17-20-12-14-23(30-3)15-13-20)19(2)25(29)26-22-10-6-7-11-22/h4-5,8-9,12-15,19,22H,6-7,10-11,16-17H2,1-3H3,(H,26,29)/t19-/m0/s1. The molecule has 1 saturated carbocycles. The average Bonchev–Trinajstić information content (AvgIpc) is 3.26. The molecule has 3 rings (SSSR count). The third-order valence-corrected chi connectivity index (χ3v) is 5.98. The number of aryl methyl sites for hydroxylation is 1. The highest BCUT2D eigenvalue weighted by Gasteiger charge is 2.28. The highest BCUT2D eigenvalue weighted by Crippen LogP contribution is 2.20. The zero-order chi connectivity index (χ0) is 21.5. The predicted molar refractivity (Wildman–Crippen MR) is 118 cm³/mol. The second-order valence-electron chi connectivity index (χ2n) is 8.14. The Bertz CT molecular complexity index is 857. The van der Waals surface area contributed by atoms with Gasteiger partial charge in [0.05, 0.1) is 13.5 Å². The summed E-state index contributed by atoms with van der Waals surface area (Å²) in [6, 6.07) is 15.2. The molecule has 5 nitrogen and oxygen atoms in total. The van der Waals surface area contributed by atoms with Gasteiger partial charge < -0.3 is 15.0 Å². The topological polar surface area (TPSA) is 58.6 Å². The molecule has 2 aromatic rings. The van der Waals surface area contributed by atoms with Crippen molar-refractivity contribution in [3.8, 4) is 5.75 Å². The van der Waals surface area contributed by atoms with E-state index in [1.807, 2.05) is 62.4 Å². The van der Waals surface area contributed by atoms with Crippen molar-refractivity contribution >= 4 is 11.8 Å². The first-order valence-electron chi connectivity index (χ1n) is 10.7. The fourth-order valence-corrected chi connectivity index (χ4v) is 3.98. The molecule has 0 radical (unpaired) electrons. The maximum Gasteiger partial charge on any atom is 0.242 e.